The minimum absolute atomic E-state index is 0.154. The number of hydrogen-bond acceptors (Lipinski definition) is 6. The SMILES string of the molecule is O=C1S/C(=C\c2cc(Cl)c(OCc3ccccc3Cl)c(Br)c2)C(=O)N1Cc1ccccc1[N+](=O)[O-]. The van der Waals surface area contributed by atoms with Gasteiger partial charge in [0.15, 0.2) is 5.75 Å². The fourth-order valence-electron chi connectivity index (χ4n) is 3.35. The van der Waals surface area contributed by atoms with Gasteiger partial charge in [-0.2, -0.15) is 0 Å². The highest BCUT2D eigenvalue weighted by atomic mass is 79.9. The average Bonchev–Trinajstić information content (AvgIpc) is 3.07. The number of nitro groups is 1. The number of halogens is 3. The summed E-state index contributed by atoms with van der Waals surface area (Å²) in [5, 5.41) is 11.6. The van der Waals surface area contributed by atoms with Crippen molar-refractivity contribution in [3.8, 4) is 5.75 Å². The molecule has 0 radical (unpaired) electrons. The van der Waals surface area contributed by atoms with E-state index in [-0.39, 0.29) is 29.3 Å². The lowest BCUT2D eigenvalue weighted by atomic mass is 10.1. The predicted octanol–water partition coefficient (Wildman–Crippen LogP) is 7.48. The summed E-state index contributed by atoms with van der Waals surface area (Å²) < 4.78 is 6.40. The molecular formula is C24H15BrCl2N2O5S. The van der Waals surface area contributed by atoms with Gasteiger partial charge in [-0.05, 0) is 57.5 Å². The molecule has 0 aliphatic carbocycles. The fraction of sp³-hybridized carbons (Fsp3) is 0.0833. The highest BCUT2D eigenvalue weighted by molar-refractivity contribution is 9.10. The molecule has 0 bridgehead atoms. The van der Waals surface area contributed by atoms with E-state index in [1.54, 1.807) is 30.3 Å². The first-order chi connectivity index (χ1) is 16.7. The summed E-state index contributed by atoms with van der Waals surface area (Å²) in [4.78, 5) is 37.3. The number of nitro benzene ring substituents is 1. The Morgan fingerprint density at radius 2 is 1.71 bits per heavy atom. The van der Waals surface area contributed by atoms with E-state index >= 15 is 0 Å². The van der Waals surface area contributed by atoms with Crippen LogP contribution in [0.5, 0.6) is 5.75 Å². The van der Waals surface area contributed by atoms with Gasteiger partial charge in [-0.1, -0.05) is 59.6 Å². The number of para-hydroxylation sites is 1. The molecule has 1 saturated heterocycles. The molecule has 35 heavy (non-hydrogen) atoms. The molecule has 7 nitrogen and oxygen atoms in total. The van der Waals surface area contributed by atoms with Crippen LogP contribution in [0.2, 0.25) is 10.0 Å². The second kappa shape index (κ2) is 10.8. The first-order valence-corrected chi connectivity index (χ1v) is 12.4. The van der Waals surface area contributed by atoms with Crippen molar-refractivity contribution >= 4 is 73.8 Å². The van der Waals surface area contributed by atoms with E-state index < -0.39 is 16.1 Å². The lowest BCUT2D eigenvalue weighted by Crippen LogP contribution is -2.27. The molecule has 4 rings (SSSR count). The van der Waals surface area contributed by atoms with Gasteiger partial charge in [-0.3, -0.25) is 24.6 Å². The van der Waals surface area contributed by atoms with Crippen LogP contribution >= 0.6 is 50.9 Å². The number of imide groups is 1. The Bertz CT molecular complexity index is 1360. The third-order valence-corrected chi connectivity index (χ3v) is 7.18. The smallest absolute Gasteiger partial charge is 0.293 e. The standard InChI is InChI=1S/C24H15BrCl2N2O5S/c25-17-9-14(10-19(27)22(17)34-13-16-6-1-3-7-18(16)26)11-21-23(30)28(24(31)35-21)12-15-5-2-4-8-20(15)29(32)33/h1-11H,12-13H2/b21-11-. The number of rotatable bonds is 7. The summed E-state index contributed by atoms with van der Waals surface area (Å²) in [6.07, 6.45) is 1.54. The maximum atomic E-state index is 12.9. The second-order valence-electron chi connectivity index (χ2n) is 7.35. The highest BCUT2D eigenvalue weighted by Gasteiger charge is 2.36. The van der Waals surface area contributed by atoms with Crippen LogP contribution in [-0.4, -0.2) is 21.0 Å². The van der Waals surface area contributed by atoms with Crippen molar-refractivity contribution in [2.75, 3.05) is 0 Å². The van der Waals surface area contributed by atoms with Gasteiger partial charge in [0.25, 0.3) is 16.8 Å². The normalized spacial score (nSPS) is 14.6. The minimum atomic E-state index is -0.543. The summed E-state index contributed by atoms with van der Waals surface area (Å²) in [6, 6.07) is 16.6. The van der Waals surface area contributed by atoms with Gasteiger partial charge in [0.05, 0.1) is 25.9 Å². The number of carbonyl (C=O) groups is 2. The zero-order valence-corrected chi connectivity index (χ0v) is 21.7. The van der Waals surface area contributed by atoms with Crippen LogP contribution in [0.4, 0.5) is 10.5 Å². The van der Waals surface area contributed by atoms with E-state index in [0.717, 1.165) is 22.2 Å². The molecule has 1 heterocycles. The van der Waals surface area contributed by atoms with Crippen molar-refractivity contribution in [1.29, 1.82) is 0 Å². The van der Waals surface area contributed by atoms with E-state index in [0.29, 0.717) is 25.8 Å². The Labute approximate surface area is 222 Å². The summed E-state index contributed by atoms with van der Waals surface area (Å²) >= 11 is 16.8. The molecule has 1 fully saturated rings. The molecule has 3 aromatic carbocycles. The van der Waals surface area contributed by atoms with Crippen molar-refractivity contribution < 1.29 is 19.2 Å². The van der Waals surface area contributed by atoms with Crippen molar-refractivity contribution in [2.24, 2.45) is 0 Å². The monoisotopic (exact) mass is 592 g/mol. The van der Waals surface area contributed by atoms with Crippen molar-refractivity contribution in [3.05, 3.63) is 107 Å². The highest BCUT2D eigenvalue weighted by Crippen LogP contribution is 2.39. The Morgan fingerprint density at radius 1 is 1.03 bits per heavy atom. The summed E-state index contributed by atoms with van der Waals surface area (Å²) in [6.45, 7) is 0.0142. The quantitative estimate of drug-likeness (QED) is 0.160. The molecule has 0 atom stereocenters. The molecule has 0 N–H and O–H groups in total. The van der Waals surface area contributed by atoms with Crippen LogP contribution in [0, 0.1) is 10.1 Å². The molecule has 2 amide bonds. The molecule has 0 aromatic heterocycles. The molecule has 178 valence electrons. The van der Waals surface area contributed by atoms with Crippen LogP contribution in [0.3, 0.4) is 0 Å². The molecule has 1 aliphatic rings. The number of nitrogens with zero attached hydrogens (tertiary/aromatic N) is 2. The van der Waals surface area contributed by atoms with Crippen LogP contribution < -0.4 is 4.74 Å². The van der Waals surface area contributed by atoms with Gasteiger partial charge in [-0.15, -0.1) is 0 Å². The first kappa shape index (κ1) is 25.2. The van der Waals surface area contributed by atoms with Gasteiger partial charge in [0, 0.05) is 22.2 Å². The molecule has 0 spiro atoms. The topological polar surface area (TPSA) is 89.8 Å². The lowest BCUT2D eigenvalue weighted by Gasteiger charge is -2.13. The Hall–Kier alpha value is -2.85. The van der Waals surface area contributed by atoms with E-state index in [1.807, 2.05) is 18.2 Å². The fourth-order valence-corrected chi connectivity index (χ4v) is 5.36. The molecule has 0 saturated carbocycles. The third kappa shape index (κ3) is 5.70. The molecule has 11 heteroatoms. The minimum Gasteiger partial charge on any atom is -0.486 e. The van der Waals surface area contributed by atoms with Crippen LogP contribution in [0.25, 0.3) is 6.08 Å². The van der Waals surface area contributed by atoms with Crippen LogP contribution in [0.1, 0.15) is 16.7 Å². The number of ether oxygens (including phenoxy) is 1. The van der Waals surface area contributed by atoms with E-state index in [1.165, 1.54) is 18.2 Å². The average molecular weight is 594 g/mol. The molecule has 3 aromatic rings. The molecule has 1 aliphatic heterocycles. The first-order valence-electron chi connectivity index (χ1n) is 10.1. The lowest BCUT2D eigenvalue weighted by molar-refractivity contribution is -0.385. The van der Waals surface area contributed by atoms with Gasteiger partial charge < -0.3 is 4.74 Å². The van der Waals surface area contributed by atoms with Crippen LogP contribution in [-0.2, 0) is 17.9 Å². The molecule has 0 unspecified atom stereocenters. The number of hydrogen-bond donors (Lipinski definition) is 0. The predicted molar refractivity (Wildman–Crippen MR) is 140 cm³/mol. The number of thioether (sulfide) groups is 1. The zero-order valence-electron chi connectivity index (χ0n) is 17.7. The summed E-state index contributed by atoms with van der Waals surface area (Å²) in [7, 11) is 0. The van der Waals surface area contributed by atoms with E-state index in [4.69, 9.17) is 27.9 Å². The van der Waals surface area contributed by atoms with E-state index in [2.05, 4.69) is 15.9 Å². The van der Waals surface area contributed by atoms with E-state index in [9.17, 15) is 19.7 Å². The third-order valence-electron chi connectivity index (χ3n) is 5.04. The Kier molecular flexibility index (Phi) is 7.81. The van der Waals surface area contributed by atoms with Crippen LogP contribution in [0.15, 0.2) is 70.0 Å². The van der Waals surface area contributed by atoms with Gasteiger partial charge >= 0.3 is 0 Å². The van der Waals surface area contributed by atoms with Crippen molar-refractivity contribution in [2.45, 2.75) is 13.2 Å². The number of amides is 2. The number of benzene rings is 3. The number of carbonyl (C=O) groups excluding carboxylic acids is 2. The van der Waals surface area contributed by atoms with Crippen molar-refractivity contribution in [1.82, 2.24) is 4.90 Å². The maximum Gasteiger partial charge on any atom is 0.293 e. The van der Waals surface area contributed by atoms with Crippen molar-refractivity contribution in [3.63, 3.8) is 0 Å². The van der Waals surface area contributed by atoms with Gasteiger partial charge in [0.1, 0.15) is 6.61 Å². The summed E-state index contributed by atoms with van der Waals surface area (Å²) in [5.74, 6) is -0.127. The maximum absolute atomic E-state index is 12.9. The Balaban J connectivity index is 1.53. The van der Waals surface area contributed by atoms with Gasteiger partial charge in [-0.25, -0.2) is 0 Å². The second-order valence-corrected chi connectivity index (χ2v) is 10.0. The Morgan fingerprint density at radius 3 is 2.40 bits per heavy atom. The zero-order chi connectivity index (χ0) is 25.1. The molecular weight excluding hydrogens is 579 g/mol. The summed E-state index contributed by atoms with van der Waals surface area (Å²) in [5.41, 5.74) is 1.49. The largest absolute Gasteiger partial charge is 0.486 e. The van der Waals surface area contributed by atoms with Gasteiger partial charge in [0.2, 0.25) is 0 Å².